The smallest absolute Gasteiger partial charge is 0.236 e. The molecule has 0 aliphatic heterocycles. The molecule has 12 rings (SSSR count). The predicted octanol–water partition coefficient (Wildman–Crippen LogP) is 11.4. The molecule has 0 unspecified atom stereocenters. The number of furan rings is 1. The number of hydrogen-bond donors (Lipinski definition) is 0. The van der Waals surface area contributed by atoms with Crippen molar-refractivity contribution in [2.24, 2.45) is 0 Å². The summed E-state index contributed by atoms with van der Waals surface area (Å²) in [7, 11) is 0. The van der Waals surface area contributed by atoms with Gasteiger partial charge in [-0.15, -0.1) is 0 Å². The summed E-state index contributed by atoms with van der Waals surface area (Å²) >= 11 is 0. The molecule has 0 saturated carbocycles. The Hall–Kier alpha value is -6.72. The highest BCUT2D eigenvalue weighted by atomic mass is 16.3. The van der Waals surface area contributed by atoms with Crippen LogP contribution in [-0.2, 0) is 0 Å². The molecule has 0 aliphatic carbocycles. The van der Waals surface area contributed by atoms with E-state index in [1.807, 2.05) is 36.4 Å². The van der Waals surface area contributed by atoms with Gasteiger partial charge in [0.2, 0.25) is 5.95 Å². The van der Waals surface area contributed by atoms with Gasteiger partial charge in [0.25, 0.3) is 0 Å². The van der Waals surface area contributed by atoms with E-state index in [-0.39, 0.29) is 0 Å². The fourth-order valence-corrected chi connectivity index (χ4v) is 8.37. The van der Waals surface area contributed by atoms with Crippen LogP contribution in [0.15, 0.2) is 150 Å². The van der Waals surface area contributed by atoms with Crippen LogP contribution in [0.2, 0.25) is 0 Å². The third-order valence-corrected chi connectivity index (χ3v) is 10.4. The maximum Gasteiger partial charge on any atom is 0.236 e. The first-order valence-corrected chi connectivity index (χ1v) is 16.6. The van der Waals surface area contributed by atoms with Crippen molar-refractivity contribution in [3.63, 3.8) is 0 Å². The number of para-hydroxylation sites is 3. The van der Waals surface area contributed by atoms with Crippen LogP contribution in [0, 0.1) is 0 Å². The van der Waals surface area contributed by atoms with E-state index in [4.69, 9.17) is 14.4 Å². The van der Waals surface area contributed by atoms with Gasteiger partial charge in [-0.2, -0.15) is 0 Å². The van der Waals surface area contributed by atoms with Crippen LogP contribution in [0.25, 0.3) is 110 Å². The maximum atomic E-state index is 6.47. The molecular formula is C44H24N4O. The number of hydrogen-bond acceptors (Lipinski definition) is 3. The molecule has 49 heavy (non-hydrogen) atoms. The van der Waals surface area contributed by atoms with E-state index in [2.05, 4.69) is 118 Å². The highest BCUT2D eigenvalue weighted by molar-refractivity contribution is 6.34. The van der Waals surface area contributed by atoms with Crippen molar-refractivity contribution in [2.75, 3.05) is 0 Å². The van der Waals surface area contributed by atoms with Gasteiger partial charge in [-0.05, 0) is 53.2 Å². The van der Waals surface area contributed by atoms with E-state index < -0.39 is 0 Å². The van der Waals surface area contributed by atoms with Crippen molar-refractivity contribution in [3.05, 3.63) is 146 Å². The number of benzene rings is 7. The molecule has 12 aromatic rings. The van der Waals surface area contributed by atoms with Crippen LogP contribution in [0.5, 0.6) is 0 Å². The summed E-state index contributed by atoms with van der Waals surface area (Å²) < 4.78 is 11.2. The Balaban J connectivity index is 1.32. The summed E-state index contributed by atoms with van der Waals surface area (Å²) in [6, 6.07) is 51.6. The summed E-state index contributed by atoms with van der Waals surface area (Å²) in [6.45, 7) is 0. The highest BCUT2D eigenvalue weighted by Gasteiger charge is 2.26. The molecule has 5 heterocycles. The Morgan fingerprint density at radius 1 is 0.469 bits per heavy atom. The summed E-state index contributed by atoms with van der Waals surface area (Å²) in [5, 5.41) is 10.8. The first-order valence-electron chi connectivity index (χ1n) is 16.6. The van der Waals surface area contributed by atoms with E-state index in [0.29, 0.717) is 11.5 Å². The van der Waals surface area contributed by atoms with Gasteiger partial charge >= 0.3 is 0 Å². The lowest BCUT2D eigenvalue weighted by Crippen LogP contribution is -2.03. The van der Waals surface area contributed by atoms with Gasteiger partial charge in [-0.1, -0.05) is 103 Å². The van der Waals surface area contributed by atoms with Gasteiger partial charge in [-0.25, -0.2) is 9.97 Å². The van der Waals surface area contributed by atoms with Crippen molar-refractivity contribution in [2.45, 2.75) is 0 Å². The molecule has 0 saturated heterocycles. The number of aromatic nitrogens is 4. The van der Waals surface area contributed by atoms with Gasteiger partial charge in [0.05, 0.1) is 27.6 Å². The molecule has 5 aromatic heterocycles. The highest BCUT2D eigenvalue weighted by Crippen LogP contribution is 2.47. The summed E-state index contributed by atoms with van der Waals surface area (Å²) in [6.07, 6.45) is 0. The van der Waals surface area contributed by atoms with Crippen LogP contribution in [0.1, 0.15) is 0 Å². The predicted molar refractivity (Wildman–Crippen MR) is 201 cm³/mol. The summed E-state index contributed by atoms with van der Waals surface area (Å²) in [5.74, 6) is 0.623. The first kappa shape index (κ1) is 25.4. The molecule has 7 aromatic carbocycles. The molecule has 0 aliphatic rings. The molecule has 226 valence electrons. The number of nitrogens with zero attached hydrogens (tertiary/aromatic N) is 4. The van der Waals surface area contributed by atoms with Crippen LogP contribution >= 0.6 is 0 Å². The Kier molecular flexibility index (Phi) is 4.66. The number of rotatable bonds is 2. The Morgan fingerprint density at radius 3 is 2.00 bits per heavy atom. The monoisotopic (exact) mass is 624 g/mol. The average molecular weight is 625 g/mol. The third-order valence-electron chi connectivity index (χ3n) is 10.4. The average Bonchev–Trinajstić information content (AvgIpc) is 3.89. The minimum Gasteiger partial charge on any atom is -0.452 e. The quantitative estimate of drug-likeness (QED) is 0.192. The Morgan fingerprint density at radius 2 is 1.14 bits per heavy atom. The Bertz CT molecular complexity index is 3330. The summed E-state index contributed by atoms with van der Waals surface area (Å²) in [5.41, 5.74) is 9.89. The normalized spacial score (nSPS) is 12.5. The SMILES string of the molecule is c1ccc(-c2nc(-n3c4ccccc4c4cc5c6cc7ccccc7cc6n6c7ccccc7c(c43)c56)nc3c2oc2ccccc23)cc1. The van der Waals surface area contributed by atoms with Crippen LogP contribution < -0.4 is 0 Å². The van der Waals surface area contributed by atoms with E-state index in [1.165, 1.54) is 59.6 Å². The second-order valence-corrected chi connectivity index (χ2v) is 13.0. The van der Waals surface area contributed by atoms with Crippen LogP contribution in [0.3, 0.4) is 0 Å². The second kappa shape index (κ2) is 9.00. The van der Waals surface area contributed by atoms with Crippen LogP contribution in [0.4, 0.5) is 0 Å². The molecule has 0 amide bonds. The van der Waals surface area contributed by atoms with E-state index >= 15 is 0 Å². The topological polar surface area (TPSA) is 48.3 Å². The molecule has 0 atom stereocenters. The summed E-state index contributed by atoms with van der Waals surface area (Å²) in [4.78, 5) is 10.7. The lowest BCUT2D eigenvalue weighted by molar-refractivity contribution is 0.666. The fraction of sp³-hybridized carbons (Fsp3) is 0. The minimum atomic E-state index is 0.623. The molecule has 0 N–H and O–H groups in total. The lowest BCUT2D eigenvalue weighted by Gasteiger charge is -2.10. The minimum absolute atomic E-state index is 0.623. The fourth-order valence-electron chi connectivity index (χ4n) is 8.37. The van der Waals surface area contributed by atoms with E-state index in [0.717, 1.165) is 38.8 Å². The molecule has 5 heteroatoms. The second-order valence-electron chi connectivity index (χ2n) is 13.0. The molecule has 0 bridgehead atoms. The van der Waals surface area contributed by atoms with Gasteiger partial charge < -0.3 is 8.82 Å². The van der Waals surface area contributed by atoms with Crippen molar-refractivity contribution >= 4 is 92.7 Å². The molecule has 0 radical (unpaired) electrons. The van der Waals surface area contributed by atoms with Crippen molar-refractivity contribution in [1.82, 2.24) is 18.9 Å². The largest absolute Gasteiger partial charge is 0.452 e. The van der Waals surface area contributed by atoms with Crippen molar-refractivity contribution < 1.29 is 4.42 Å². The molecule has 5 nitrogen and oxygen atoms in total. The molecular weight excluding hydrogens is 601 g/mol. The van der Waals surface area contributed by atoms with Gasteiger partial charge in [-0.3, -0.25) is 4.57 Å². The first-order chi connectivity index (χ1) is 24.3. The Labute approximate surface area is 278 Å². The maximum absolute atomic E-state index is 6.47. The standard InChI is InChI=1S/C44H24N4O/c1-2-12-25(13-3-1)39-43-40(30-18-8-11-21-37(30)49-43)46-44(45-39)48-34-19-9-6-16-28(34)32-24-33-31-22-26-14-4-5-15-27(26)23-36(31)47-35-20-10-7-17-29(35)38(41(33)47)42(32)48/h1-24H. The number of fused-ring (bicyclic) bond motifs is 14. The zero-order valence-electron chi connectivity index (χ0n) is 26.1. The molecule has 0 spiro atoms. The van der Waals surface area contributed by atoms with Gasteiger partial charge in [0.15, 0.2) is 5.58 Å². The van der Waals surface area contributed by atoms with Crippen molar-refractivity contribution in [1.29, 1.82) is 0 Å². The third kappa shape index (κ3) is 3.19. The van der Waals surface area contributed by atoms with Crippen molar-refractivity contribution in [3.8, 4) is 17.2 Å². The lowest BCUT2D eigenvalue weighted by atomic mass is 10.0. The van der Waals surface area contributed by atoms with Gasteiger partial charge in [0, 0.05) is 43.3 Å². The zero-order chi connectivity index (χ0) is 31.8. The molecule has 0 fully saturated rings. The van der Waals surface area contributed by atoms with Gasteiger partial charge in [0.1, 0.15) is 16.8 Å². The zero-order valence-corrected chi connectivity index (χ0v) is 26.1. The van der Waals surface area contributed by atoms with E-state index in [9.17, 15) is 0 Å². The van der Waals surface area contributed by atoms with Crippen LogP contribution in [-0.4, -0.2) is 18.9 Å². The van der Waals surface area contributed by atoms with E-state index in [1.54, 1.807) is 0 Å².